The molecule has 0 saturated heterocycles. The first kappa shape index (κ1) is 23.6. The number of hydrogen-bond acceptors (Lipinski definition) is 4. The number of aromatic nitrogens is 3. The zero-order valence-electron chi connectivity index (χ0n) is 18.5. The lowest BCUT2D eigenvalue weighted by Crippen LogP contribution is -2.31. The largest absolute Gasteiger partial charge is 0.338 e. The standard InChI is InChI=1S/C25H21F3N4OS/c1-16(18-10-13-21(27)22(28)14-18)31(2)23(33)15-34-25-30-29-24(17-8-11-19(26)12-9-17)32(25)20-6-4-3-5-7-20/h3-14,16H,15H2,1-2H3. The molecule has 1 aromatic heterocycles. The highest BCUT2D eigenvalue weighted by Crippen LogP contribution is 2.29. The van der Waals surface area contributed by atoms with Crippen LogP contribution in [0.5, 0.6) is 0 Å². The van der Waals surface area contributed by atoms with Crippen LogP contribution in [0.2, 0.25) is 0 Å². The fourth-order valence-corrected chi connectivity index (χ4v) is 4.27. The molecule has 0 saturated carbocycles. The summed E-state index contributed by atoms with van der Waals surface area (Å²) in [7, 11) is 1.61. The fourth-order valence-electron chi connectivity index (χ4n) is 3.40. The Morgan fingerprint density at radius 3 is 2.35 bits per heavy atom. The van der Waals surface area contributed by atoms with Crippen LogP contribution < -0.4 is 0 Å². The van der Waals surface area contributed by atoms with E-state index in [1.807, 2.05) is 34.9 Å². The average Bonchev–Trinajstić information content (AvgIpc) is 3.28. The number of carbonyl (C=O) groups is 1. The van der Waals surface area contributed by atoms with Crippen LogP contribution in [0.4, 0.5) is 13.2 Å². The Bertz CT molecular complexity index is 1300. The van der Waals surface area contributed by atoms with Gasteiger partial charge in [0.2, 0.25) is 5.91 Å². The van der Waals surface area contributed by atoms with Crippen molar-refractivity contribution in [3.63, 3.8) is 0 Å². The van der Waals surface area contributed by atoms with Crippen LogP contribution in [0.15, 0.2) is 78.0 Å². The normalized spacial score (nSPS) is 11.9. The van der Waals surface area contributed by atoms with Gasteiger partial charge in [0.1, 0.15) is 5.82 Å². The Kier molecular flexibility index (Phi) is 7.02. The average molecular weight is 483 g/mol. The van der Waals surface area contributed by atoms with Crippen LogP contribution >= 0.6 is 11.8 Å². The van der Waals surface area contributed by atoms with Gasteiger partial charge in [0.15, 0.2) is 22.6 Å². The van der Waals surface area contributed by atoms with Crippen LogP contribution in [0.25, 0.3) is 17.1 Å². The van der Waals surface area contributed by atoms with E-state index in [0.29, 0.717) is 22.1 Å². The number of halogens is 3. The summed E-state index contributed by atoms with van der Waals surface area (Å²) in [5, 5.41) is 9.04. The molecule has 3 aromatic carbocycles. The quantitative estimate of drug-likeness (QED) is 0.319. The van der Waals surface area contributed by atoms with Crippen molar-refractivity contribution in [2.75, 3.05) is 12.8 Å². The first-order valence-corrected chi connectivity index (χ1v) is 11.4. The van der Waals surface area contributed by atoms with Gasteiger partial charge < -0.3 is 4.90 Å². The number of carbonyl (C=O) groups excluding carboxylic acids is 1. The van der Waals surface area contributed by atoms with Crippen molar-refractivity contribution in [3.05, 3.63) is 95.8 Å². The number of thioether (sulfide) groups is 1. The van der Waals surface area contributed by atoms with E-state index in [4.69, 9.17) is 0 Å². The lowest BCUT2D eigenvalue weighted by Gasteiger charge is -2.25. The number of nitrogens with zero attached hydrogens (tertiary/aromatic N) is 4. The van der Waals surface area contributed by atoms with E-state index in [2.05, 4.69) is 10.2 Å². The molecule has 174 valence electrons. The number of benzene rings is 3. The van der Waals surface area contributed by atoms with Gasteiger partial charge in [0.25, 0.3) is 0 Å². The Balaban J connectivity index is 1.56. The van der Waals surface area contributed by atoms with Crippen molar-refractivity contribution in [2.24, 2.45) is 0 Å². The summed E-state index contributed by atoms with van der Waals surface area (Å²) < 4.78 is 42.1. The number of rotatable bonds is 7. The Morgan fingerprint density at radius 2 is 1.68 bits per heavy atom. The van der Waals surface area contributed by atoms with Gasteiger partial charge >= 0.3 is 0 Å². The molecule has 34 heavy (non-hydrogen) atoms. The topological polar surface area (TPSA) is 51.0 Å². The van der Waals surface area contributed by atoms with Gasteiger partial charge in [-0.1, -0.05) is 36.0 Å². The summed E-state index contributed by atoms with van der Waals surface area (Å²) in [4.78, 5) is 14.4. The maximum atomic E-state index is 13.6. The highest BCUT2D eigenvalue weighted by atomic mass is 32.2. The zero-order valence-corrected chi connectivity index (χ0v) is 19.3. The first-order valence-electron chi connectivity index (χ1n) is 10.5. The molecule has 5 nitrogen and oxygen atoms in total. The molecular formula is C25H21F3N4OS. The maximum Gasteiger partial charge on any atom is 0.233 e. The molecule has 0 spiro atoms. The van der Waals surface area contributed by atoms with E-state index in [0.717, 1.165) is 17.8 Å². The monoisotopic (exact) mass is 482 g/mol. The molecule has 0 aliphatic carbocycles. The fraction of sp³-hybridized carbons (Fsp3) is 0.160. The minimum atomic E-state index is -0.955. The second-order valence-corrected chi connectivity index (χ2v) is 8.57. The van der Waals surface area contributed by atoms with Crippen LogP contribution in [0.3, 0.4) is 0 Å². The second-order valence-electron chi connectivity index (χ2n) is 7.63. The SMILES string of the molecule is CC(c1ccc(F)c(F)c1)N(C)C(=O)CSc1nnc(-c2ccc(F)cc2)n1-c1ccccc1. The molecule has 1 atom stereocenters. The Labute approximate surface area is 199 Å². The highest BCUT2D eigenvalue weighted by molar-refractivity contribution is 7.99. The third kappa shape index (κ3) is 4.99. The van der Waals surface area contributed by atoms with Gasteiger partial charge in [-0.3, -0.25) is 9.36 Å². The van der Waals surface area contributed by atoms with Gasteiger partial charge in [0, 0.05) is 18.3 Å². The summed E-state index contributed by atoms with van der Waals surface area (Å²) in [6.45, 7) is 1.74. The zero-order chi connectivity index (χ0) is 24.2. The summed E-state index contributed by atoms with van der Waals surface area (Å²) in [6, 6.07) is 18.5. The van der Waals surface area contributed by atoms with E-state index in [-0.39, 0.29) is 17.5 Å². The van der Waals surface area contributed by atoms with E-state index >= 15 is 0 Å². The van der Waals surface area contributed by atoms with Gasteiger partial charge in [0.05, 0.1) is 11.8 Å². The van der Waals surface area contributed by atoms with Crippen molar-refractivity contribution < 1.29 is 18.0 Å². The van der Waals surface area contributed by atoms with E-state index in [1.165, 1.54) is 34.9 Å². The third-order valence-electron chi connectivity index (χ3n) is 5.48. The van der Waals surface area contributed by atoms with Crippen LogP contribution in [-0.2, 0) is 4.79 Å². The summed E-state index contributed by atoms with van der Waals surface area (Å²) in [5.74, 6) is -1.88. The van der Waals surface area contributed by atoms with Crippen molar-refractivity contribution in [3.8, 4) is 17.1 Å². The lowest BCUT2D eigenvalue weighted by atomic mass is 10.1. The van der Waals surface area contributed by atoms with Gasteiger partial charge in [-0.25, -0.2) is 13.2 Å². The van der Waals surface area contributed by atoms with Gasteiger partial charge in [-0.15, -0.1) is 10.2 Å². The predicted molar refractivity (Wildman–Crippen MR) is 125 cm³/mol. The van der Waals surface area contributed by atoms with E-state index in [1.54, 1.807) is 26.1 Å². The Morgan fingerprint density at radius 1 is 0.971 bits per heavy atom. The molecule has 0 aliphatic heterocycles. The first-order chi connectivity index (χ1) is 16.3. The van der Waals surface area contributed by atoms with Crippen LogP contribution in [-0.4, -0.2) is 38.4 Å². The minimum Gasteiger partial charge on any atom is -0.338 e. The van der Waals surface area contributed by atoms with Crippen molar-refractivity contribution in [2.45, 2.75) is 18.1 Å². The molecule has 0 N–H and O–H groups in total. The van der Waals surface area contributed by atoms with E-state index in [9.17, 15) is 18.0 Å². The molecule has 4 aromatic rings. The van der Waals surface area contributed by atoms with Crippen molar-refractivity contribution in [1.29, 1.82) is 0 Å². The number of hydrogen-bond donors (Lipinski definition) is 0. The molecular weight excluding hydrogens is 461 g/mol. The molecule has 4 rings (SSSR count). The minimum absolute atomic E-state index is 0.0545. The van der Waals surface area contributed by atoms with Crippen molar-refractivity contribution in [1.82, 2.24) is 19.7 Å². The summed E-state index contributed by atoms with van der Waals surface area (Å²) >= 11 is 1.21. The highest BCUT2D eigenvalue weighted by Gasteiger charge is 2.21. The van der Waals surface area contributed by atoms with Crippen LogP contribution in [0.1, 0.15) is 18.5 Å². The number of para-hydroxylation sites is 1. The molecule has 0 radical (unpaired) electrons. The molecule has 1 unspecified atom stereocenters. The maximum absolute atomic E-state index is 13.6. The van der Waals surface area contributed by atoms with Gasteiger partial charge in [-0.05, 0) is 61.0 Å². The molecule has 1 amide bonds. The van der Waals surface area contributed by atoms with Crippen molar-refractivity contribution >= 4 is 17.7 Å². The smallest absolute Gasteiger partial charge is 0.233 e. The molecule has 9 heteroatoms. The summed E-state index contributed by atoms with van der Waals surface area (Å²) in [6.07, 6.45) is 0. The molecule has 1 heterocycles. The lowest BCUT2D eigenvalue weighted by molar-refractivity contribution is -0.128. The summed E-state index contributed by atoms with van der Waals surface area (Å²) in [5.41, 5.74) is 1.97. The number of amides is 1. The van der Waals surface area contributed by atoms with Gasteiger partial charge in [-0.2, -0.15) is 0 Å². The van der Waals surface area contributed by atoms with E-state index < -0.39 is 17.7 Å². The predicted octanol–water partition coefficient (Wildman–Crippen LogP) is 5.66. The molecule has 0 bridgehead atoms. The molecule has 0 aliphatic rings. The third-order valence-corrected chi connectivity index (χ3v) is 6.39. The second kappa shape index (κ2) is 10.1. The molecule has 0 fully saturated rings. The van der Waals surface area contributed by atoms with Crippen LogP contribution in [0, 0.1) is 17.5 Å². The Hall–Kier alpha value is -3.59.